The Labute approximate surface area is 165 Å². The van der Waals surface area contributed by atoms with Crippen LogP contribution >= 0.6 is 0 Å². The van der Waals surface area contributed by atoms with Crippen molar-refractivity contribution in [2.24, 2.45) is 0 Å². The first-order chi connectivity index (χ1) is 13.7. The minimum absolute atomic E-state index is 0.00318. The standard InChI is InChI=1S/C17H20F3N3O5S/c1-26-11-3-4-15(14(9-11)27-2)29(24,25)21-6-7-23-13-5-8-28-10-12(13)16(22-23)17(18,19)20/h3-4,9,21H,5-8,10H2,1-2H3. The van der Waals surface area contributed by atoms with Gasteiger partial charge in [0.15, 0.2) is 5.69 Å². The van der Waals surface area contributed by atoms with Gasteiger partial charge in [0.25, 0.3) is 0 Å². The second kappa shape index (κ2) is 8.20. The van der Waals surface area contributed by atoms with Gasteiger partial charge in [0.05, 0.1) is 34.0 Å². The number of hydrogen-bond donors (Lipinski definition) is 1. The summed E-state index contributed by atoms with van der Waals surface area (Å²) in [6.07, 6.45) is -4.33. The van der Waals surface area contributed by atoms with Gasteiger partial charge in [0.1, 0.15) is 16.4 Å². The van der Waals surface area contributed by atoms with Crippen LogP contribution in [0.4, 0.5) is 13.2 Å². The van der Waals surface area contributed by atoms with E-state index in [1.807, 2.05) is 0 Å². The highest BCUT2D eigenvalue weighted by Gasteiger charge is 2.39. The zero-order valence-corrected chi connectivity index (χ0v) is 16.6. The first-order valence-corrected chi connectivity index (χ1v) is 10.1. The molecule has 29 heavy (non-hydrogen) atoms. The van der Waals surface area contributed by atoms with Crippen LogP contribution in [0.1, 0.15) is 17.0 Å². The second-order valence-electron chi connectivity index (χ2n) is 6.21. The lowest BCUT2D eigenvalue weighted by atomic mass is 10.1. The molecule has 1 aromatic carbocycles. The average molecular weight is 435 g/mol. The van der Waals surface area contributed by atoms with Gasteiger partial charge in [-0.15, -0.1) is 0 Å². The zero-order chi connectivity index (χ0) is 21.2. The summed E-state index contributed by atoms with van der Waals surface area (Å²) < 4.78 is 83.6. The molecule has 1 aliphatic heterocycles. The number of benzene rings is 1. The molecule has 160 valence electrons. The minimum Gasteiger partial charge on any atom is -0.497 e. The summed E-state index contributed by atoms with van der Waals surface area (Å²) in [5, 5.41) is 3.65. The monoisotopic (exact) mass is 435 g/mol. The lowest BCUT2D eigenvalue weighted by Crippen LogP contribution is -2.29. The van der Waals surface area contributed by atoms with Crippen LogP contribution in [-0.4, -0.2) is 45.6 Å². The van der Waals surface area contributed by atoms with E-state index in [4.69, 9.17) is 14.2 Å². The summed E-state index contributed by atoms with van der Waals surface area (Å²) in [4.78, 5) is -0.104. The Kier molecular flexibility index (Phi) is 6.05. The Morgan fingerprint density at radius 1 is 1.28 bits per heavy atom. The normalized spacial score (nSPS) is 14.5. The topological polar surface area (TPSA) is 91.7 Å². The van der Waals surface area contributed by atoms with E-state index in [-0.39, 0.29) is 48.9 Å². The van der Waals surface area contributed by atoms with E-state index < -0.39 is 21.9 Å². The Balaban J connectivity index is 1.77. The minimum atomic E-state index is -4.61. The van der Waals surface area contributed by atoms with E-state index in [1.54, 1.807) is 0 Å². The maximum Gasteiger partial charge on any atom is 0.435 e. The average Bonchev–Trinajstić information content (AvgIpc) is 3.06. The Bertz CT molecular complexity index is 989. The molecular weight excluding hydrogens is 415 g/mol. The second-order valence-corrected chi connectivity index (χ2v) is 7.95. The van der Waals surface area contributed by atoms with Crippen molar-refractivity contribution in [1.82, 2.24) is 14.5 Å². The van der Waals surface area contributed by atoms with Gasteiger partial charge in [-0.2, -0.15) is 18.3 Å². The van der Waals surface area contributed by atoms with Crippen LogP contribution in [0.3, 0.4) is 0 Å². The summed E-state index contributed by atoms with van der Waals surface area (Å²) >= 11 is 0. The van der Waals surface area contributed by atoms with E-state index in [0.29, 0.717) is 11.4 Å². The van der Waals surface area contributed by atoms with Gasteiger partial charge in [-0.1, -0.05) is 0 Å². The van der Waals surface area contributed by atoms with Crippen molar-refractivity contribution in [1.29, 1.82) is 0 Å². The Morgan fingerprint density at radius 2 is 2.03 bits per heavy atom. The fraction of sp³-hybridized carbons (Fsp3) is 0.471. The van der Waals surface area contributed by atoms with E-state index in [2.05, 4.69) is 9.82 Å². The molecule has 12 heteroatoms. The molecule has 0 fully saturated rings. The van der Waals surface area contributed by atoms with Crippen LogP contribution in [0.25, 0.3) is 0 Å². The van der Waals surface area contributed by atoms with Crippen molar-refractivity contribution in [2.75, 3.05) is 27.4 Å². The number of aromatic nitrogens is 2. The molecule has 0 unspecified atom stereocenters. The molecule has 0 amide bonds. The lowest BCUT2D eigenvalue weighted by Gasteiger charge is -2.16. The number of fused-ring (bicyclic) bond motifs is 1. The summed E-state index contributed by atoms with van der Waals surface area (Å²) in [7, 11) is -1.20. The predicted molar refractivity (Wildman–Crippen MR) is 95.3 cm³/mol. The number of sulfonamides is 1. The van der Waals surface area contributed by atoms with E-state index in [1.165, 1.54) is 37.1 Å². The molecule has 0 aliphatic carbocycles. The number of halogens is 3. The molecule has 0 bridgehead atoms. The van der Waals surface area contributed by atoms with Crippen LogP contribution in [0.5, 0.6) is 11.5 Å². The van der Waals surface area contributed by atoms with E-state index >= 15 is 0 Å². The lowest BCUT2D eigenvalue weighted by molar-refractivity contribution is -0.142. The van der Waals surface area contributed by atoms with Crippen LogP contribution in [-0.2, 0) is 40.5 Å². The number of hydrogen-bond acceptors (Lipinski definition) is 6. The SMILES string of the molecule is COc1ccc(S(=O)(=O)NCCn2nc(C(F)(F)F)c3c2CCOC3)c(OC)c1. The van der Waals surface area contributed by atoms with Gasteiger partial charge in [-0.05, 0) is 12.1 Å². The van der Waals surface area contributed by atoms with Crippen molar-refractivity contribution < 1.29 is 35.8 Å². The van der Waals surface area contributed by atoms with Gasteiger partial charge in [0.2, 0.25) is 10.0 Å². The number of alkyl halides is 3. The Hall–Kier alpha value is -2.31. The number of nitrogens with zero attached hydrogens (tertiary/aromatic N) is 2. The van der Waals surface area contributed by atoms with Crippen LogP contribution < -0.4 is 14.2 Å². The molecule has 0 radical (unpaired) electrons. The van der Waals surface area contributed by atoms with Crippen LogP contribution in [0.2, 0.25) is 0 Å². The molecule has 2 heterocycles. The summed E-state index contributed by atoms with van der Waals surface area (Å²) in [5.74, 6) is 0.510. The third kappa shape index (κ3) is 4.49. The molecule has 8 nitrogen and oxygen atoms in total. The van der Waals surface area contributed by atoms with Crippen molar-refractivity contribution in [2.45, 2.75) is 30.6 Å². The van der Waals surface area contributed by atoms with E-state index in [0.717, 1.165) is 0 Å². The first-order valence-electron chi connectivity index (χ1n) is 8.62. The maximum absolute atomic E-state index is 13.2. The first kappa shape index (κ1) is 21.4. The number of ether oxygens (including phenoxy) is 3. The third-order valence-corrected chi connectivity index (χ3v) is 5.94. The quantitative estimate of drug-likeness (QED) is 0.715. The molecule has 0 saturated heterocycles. The highest BCUT2D eigenvalue weighted by molar-refractivity contribution is 7.89. The van der Waals surface area contributed by atoms with Gasteiger partial charge in [-0.25, -0.2) is 13.1 Å². The number of rotatable bonds is 7. The van der Waals surface area contributed by atoms with E-state index in [9.17, 15) is 21.6 Å². The molecule has 1 aromatic heterocycles. The number of nitrogens with one attached hydrogen (secondary N) is 1. The smallest absolute Gasteiger partial charge is 0.435 e. The highest BCUT2D eigenvalue weighted by Crippen LogP contribution is 2.34. The molecular formula is C17H20F3N3O5S. The predicted octanol–water partition coefficient (Wildman–Crippen LogP) is 1.97. The van der Waals surface area contributed by atoms with Gasteiger partial charge < -0.3 is 14.2 Å². The largest absolute Gasteiger partial charge is 0.497 e. The molecule has 1 aliphatic rings. The summed E-state index contributed by atoms with van der Waals surface area (Å²) in [6, 6.07) is 4.22. The molecule has 0 saturated carbocycles. The highest BCUT2D eigenvalue weighted by atomic mass is 32.2. The summed E-state index contributed by atoms with van der Waals surface area (Å²) in [5.41, 5.74) is -0.583. The van der Waals surface area contributed by atoms with Crippen LogP contribution in [0.15, 0.2) is 23.1 Å². The molecule has 0 atom stereocenters. The maximum atomic E-state index is 13.2. The zero-order valence-electron chi connectivity index (χ0n) is 15.7. The van der Waals surface area contributed by atoms with Gasteiger partial charge in [-0.3, -0.25) is 4.68 Å². The van der Waals surface area contributed by atoms with Crippen LogP contribution in [0, 0.1) is 0 Å². The summed E-state index contributed by atoms with van der Waals surface area (Å²) in [6.45, 7) is -0.0936. The van der Waals surface area contributed by atoms with Crippen molar-refractivity contribution in [3.05, 3.63) is 35.2 Å². The van der Waals surface area contributed by atoms with Gasteiger partial charge in [0, 0.05) is 30.3 Å². The number of methoxy groups -OCH3 is 2. The molecule has 1 N–H and O–H groups in total. The van der Waals surface area contributed by atoms with Gasteiger partial charge >= 0.3 is 6.18 Å². The fourth-order valence-electron chi connectivity index (χ4n) is 3.08. The molecule has 3 rings (SSSR count). The van der Waals surface area contributed by atoms with Crippen molar-refractivity contribution in [3.8, 4) is 11.5 Å². The fourth-order valence-corrected chi connectivity index (χ4v) is 4.25. The third-order valence-electron chi connectivity index (χ3n) is 4.44. The van der Waals surface area contributed by atoms with Crippen molar-refractivity contribution in [3.63, 3.8) is 0 Å². The Morgan fingerprint density at radius 3 is 2.69 bits per heavy atom. The molecule has 0 spiro atoms. The van der Waals surface area contributed by atoms with Crippen molar-refractivity contribution >= 4 is 10.0 Å². The molecule has 2 aromatic rings.